The number of morpholine rings is 1. The molecule has 1 unspecified atom stereocenters. The van der Waals surface area contributed by atoms with Crippen LogP contribution in [0.15, 0.2) is 24.5 Å². The monoisotopic (exact) mass is 235 g/mol. The van der Waals surface area contributed by atoms with E-state index < -0.39 is 0 Å². The minimum Gasteiger partial charge on any atom is -0.373 e. The Bertz CT molecular complexity index is 369. The number of hydrogen-bond donors (Lipinski definition) is 1. The molecule has 2 heterocycles. The maximum Gasteiger partial charge on any atom is 0.227 e. The van der Waals surface area contributed by atoms with E-state index in [-0.39, 0.29) is 12.0 Å². The van der Waals surface area contributed by atoms with Crippen LogP contribution in [0.1, 0.15) is 5.56 Å². The van der Waals surface area contributed by atoms with Gasteiger partial charge in [-0.25, -0.2) is 0 Å². The Labute approximate surface area is 101 Å². The topological polar surface area (TPSA) is 68.5 Å². The molecule has 1 aromatic heterocycles. The summed E-state index contributed by atoms with van der Waals surface area (Å²) in [6.07, 6.45) is 3.79. The van der Waals surface area contributed by atoms with E-state index in [1.54, 1.807) is 12.4 Å². The fraction of sp³-hybridized carbons (Fsp3) is 0.500. The van der Waals surface area contributed by atoms with E-state index in [0.717, 1.165) is 5.56 Å². The molecule has 1 aliphatic rings. The van der Waals surface area contributed by atoms with E-state index >= 15 is 0 Å². The first-order valence-electron chi connectivity index (χ1n) is 5.78. The lowest BCUT2D eigenvalue weighted by Gasteiger charge is -2.32. The fourth-order valence-corrected chi connectivity index (χ4v) is 1.88. The maximum absolute atomic E-state index is 12.0. The van der Waals surface area contributed by atoms with Crippen molar-refractivity contribution in [2.75, 3.05) is 26.2 Å². The zero-order valence-electron chi connectivity index (χ0n) is 9.71. The summed E-state index contributed by atoms with van der Waals surface area (Å²) in [5.74, 6) is 0.111. The highest BCUT2D eigenvalue weighted by Gasteiger charge is 2.23. The molecule has 0 saturated carbocycles. The first kappa shape index (κ1) is 12.0. The van der Waals surface area contributed by atoms with Gasteiger partial charge >= 0.3 is 0 Å². The van der Waals surface area contributed by atoms with Crippen molar-refractivity contribution >= 4 is 5.91 Å². The molecule has 2 rings (SSSR count). The van der Waals surface area contributed by atoms with Crippen LogP contribution < -0.4 is 5.73 Å². The van der Waals surface area contributed by atoms with Crippen LogP contribution in [0.2, 0.25) is 0 Å². The Hall–Kier alpha value is -1.46. The summed E-state index contributed by atoms with van der Waals surface area (Å²) in [4.78, 5) is 17.8. The third kappa shape index (κ3) is 3.25. The van der Waals surface area contributed by atoms with Crippen molar-refractivity contribution in [2.45, 2.75) is 12.5 Å². The van der Waals surface area contributed by atoms with Crippen LogP contribution >= 0.6 is 0 Å². The summed E-state index contributed by atoms with van der Waals surface area (Å²) in [6.45, 7) is 2.27. The molecule has 0 aromatic carbocycles. The number of hydrogen-bond acceptors (Lipinski definition) is 4. The molecule has 5 nitrogen and oxygen atoms in total. The average molecular weight is 235 g/mol. The second kappa shape index (κ2) is 5.75. The van der Waals surface area contributed by atoms with Gasteiger partial charge in [0.25, 0.3) is 0 Å². The molecule has 1 aliphatic heterocycles. The second-order valence-corrected chi connectivity index (χ2v) is 4.11. The van der Waals surface area contributed by atoms with Gasteiger partial charge in [0.2, 0.25) is 5.91 Å². The molecule has 1 atom stereocenters. The first-order chi connectivity index (χ1) is 8.29. The number of carbonyl (C=O) groups excluding carboxylic acids is 1. The minimum atomic E-state index is -0.0263. The highest BCUT2D eigenvalue weighted by Crippen LogP contribution is 2.07. The van der Waals surface area contributed by atoms with Crippen LogP contribution in [0.3, 0.4) is 0 Å². The summed E-state index contributed by atoms with van der Waals surface area (Å²) >= 11 is 0. The Kier molecular flexibility index (Phi) is 4.06. The lowest BCUT2D eigenvalue weighted by Crippen LogP contribution is -2.48. The Morgan fingerprint density at radius 1 is 1.65 bits per heavy atom. The third-order valence-electron chi connectivity index (χ3n) is 2.83. The van der Waals surface area contributed by atoms with Crippen LogP contribution in [0, 0.1) is 0 Å². The largest absolute Gasteiger partial charge is 0.373 e. The summed E-state index contributed by atoms with van der Waals surface area (Å²) in [7, 11) is 0. The van der Waals surface area contributed by atoms with Gasteiger partial charge in [0.15, 0.2) is 0 Å². The van der Waals surface area contributed by atoms with Gasteiger partial charge in [-0.3, -0.25) is 9.78 Å². The molecule has 0 radical (unpaired) electrons. The Balaban J connectivity index is 1.91. The summed E-state index contributed by atoms with van der Waals surface area (Å²) in [5, 5.41) is 0. The SMILES string of the molecule is NCC1CN(C(=O)Cc2cccnc2)CCO1. The normalized spacial score (nSPS) is 20.3. The van der Waals surface area contributed by atoms with Crippen LogP contribution in [0.25, 0.3) is 0 Å². The quantitative estimate of drug-likeness (QED) is 0.788. The van der Waals surface area contributed by atoms with E-state index in [0.29, 0.717) is 32.7 Å². The fourth-order valence-electron chi connectivity index (χ4n) is 1.88. The standard InChI is InChI=1S/C12H17N3O2/c13-7-11-9-15(4-5-17-11)12(16)6-10-2-1-3-14-8-10/h1-3,8,11H,4-7,9,13H2. The highest BCUT2D eigenvalue weighted by molar-refractivity contribution is 5.78. The molecule has 5 heteroatoms. The van der Waals surface area contributed by atoms with Crippen molar-refractivity contribution in [3.8, 4) is 0 Å². The van der Waals surface area contributed by atoms with E-state index in [1.807, 2.05) is 17.0 Å². The zero-order valence-corrected chi connectivity index (χ0v) is 9.71. The third-order valence-corrected chi connectivity index (χ3v) is 2.83. The lowest BCUT2D eigenvalue weighted by molar-refractivity contribution is -0.137. The molecule has 1 fully saturated rings. The molecule has 1 amide bonds. The van der Waals surface area contributed by atoms with Gasteiger partial charge in [-0.05, 0) is 11.6 Å². The number of ether oxygens (including phenoxy) is 1. The van der Waals surface area contributed by atoms with Gasteiger partial charge in [0.1, 0.15) is 0 Å². The van der Waals surface area contributed by atoms with Gasteiger partial charge in [-0.1, -0.05) is 6.07 Å². The van der Waals surface area contributed by atoms with Crippen molar-refractivity contribution < 1.29 is 9.53 Å². The molecule has 1 aromatic rings. The molecule has 92 valence electrons. The average Bonchev–Trinajstić information content (AvgIpc) is 2.40. The van der Waals surface area contributed by atoms with E-state index in [4.69, 9.17) is 10.5 Å². The van der Waals surface area contributed by atoms with Gasteiger partial charge in [0.05, 0.1) is 19.1 Å². The van der Waals surface area contributed by atoms with Gasteiger partial charge in [0, 0.05) is 32.0 Å². The number of nitrogens with two attached hydrogens (primary N) is 1. The predicted molar refractivity (Wildman–Crippen MR) is 63.3 cm³/mol. The van der Waals surface area contributed by atoms with Crippen molar-refractivity contribution in [3.05, 3.63) is 30.1 Å². The molecular formula is C12H17N3O2. The number of nitrogens with zero attached hydrogens (tertiary/aromatic N) is 2. The lowest BCUT2D eigenvalue weighted by atomic mass is 10.1. The van der Waals surface area contributed by atoms with Crippen molar-refractivity contribution in [3.63, 3.8) is 0 Å². The van der Waals surface area contributed by atoms with Crippen LogP contribution in [0.4, 0.5) is 0 Å². The zero-order chi connectivity index (χ0) is 12.1. The van der Waals surface area contributed by atoms with Gasteiger partial charge in [-0.15, -0.1) is 0 Å². The number of aromatic nitrogens is 1. The number of amides is 1. The minimum absolute atomic E-state index is 0.0263. The predicted octanol–water partition coefficient (Wildman–Crippen LogP) is -0.190. The van der Waals surface area contributed by atoms with Crippen LogP contribution in [0.5, 0.6) is 0 Å². The molecular weight excluding hydrogens is 218 g/mol. The number of pyridine rings is 1. The molecule has 17 heavy (non-hydrogen) atoms. The molecule has 2 N–H and O–H groups in total. The van der Waals surface area contributed by atoms with Crippen molar-refractivity contribution in [2.24, 2.45) is 5.73 Å². The first-order valence-corrected chi connectivity index (χ1v) is 5.78. The number of carbonyl (C=O) groups is 1. The maximum atomic E-state index is 12.0. The van der Waals surface area contributed by atoms with Crippen LogP contribution in [-0.2, 0) is 16.0 Å². The number of rotatable bonds is 3. The highest BCUT2D eigenvalue weighted by atomic mass is 16.5. The van der Waals surface area contributed by atoms with E-state index in [2.05, 4.69) is 4.98 Å². The van der Waals surface area contributed by atoms with E-state index in [1.165, 1.54) is 0 Å². The summed E-state index contributed by atoms with van der Waals surface area (Å²) in [6, 6.07) is 3.75. The summed E-state index contributed by atoms with van der Waals surface area (Å²) in [5.41, 5.74) is 6.48. The second-order valence-electron chi connectivity index (χ2n) is 4.11. The summed E-state index contributed by atoms with van der Waals surface area (Å²) < 4.78 is 5.43. The molecule has 0 bridgehead atoms. The van der Waals surface area contributed by atoms with Crippen molar-refractivity contribution in [1.29, 1.82) is 0 Å². The molecule has 0 aliphatic carbocycles. The Morgan fingerprint density at radius 3 is 3.24 bits per heavy atom. The smallest absolute Gasteiger partial charge is 0.227 e. The van der Waals surface area contributed by atoms with Crippen molar-refractivity contribution in [1.82, 2.24) is 9.88 Å². The molecule has 0 spiro atoms. The molecule has 1 saturated heterocycles. The van der Waals surface area contributed by atoms with E-state index in [9.17, 15) is 4.79 Å². The van der Waals surface area contributed by atoms with Crippen LogP contribution in [-0.4, -0.2) is 48.1 Å². The van der Waals surface area contributed by atoms with Gasteiger partial charge < -0.3 is 15.4 Å². The Morgan fingerprint density at radius 2 is 2.53 bits per heavy atom. The van der Waals surface area contributed by atoms with Gasteiger partial charge in [-0.2, -0.15) is 0 Å².